The standard InChI is InChI=1S/C17H21N3O5/c1-16(24-8-3-9-25-16)10-18-13(21)11-4-6-12(7-5-11)17(2)14(22)19-15(23)20-17/h4-7H,3,8-10H2,1-2H3,(H,18,21)(H2,19,20,22,23). The van der Waals surface area contributed by atoms with Gasteiger partial charge in [-0.2, -0.15) is 0 Å². The number of hydrogen-bond acceptors (Lipinski definition) is 5. The fourth-order valence-electron chi connectivity index (χ4n) is 2.82. The molecule has 0 aliphatic carbocycles. The third-order valence-corrected chi connectivity index (χ3v) is 4.44. The van der Waals surface area contributed by atoms with Crippen molar-refractivity contribution in [1.82, 2.24) is 16.0 Å². The molecule has 0 bridgehead atoms. The molecule has 8 heteroatoms. The Morgan fingerprint density at radius 1 is 1.16 bits per heavy atom. The van der Waals surface area contributed by atoms with Gasteiger partial charge in [-0.15, -0.1) is 0 Å². The van der Waals surface area contributed by atoms with Crippen LogP contribution < -0.4 is 16.0 Å². The van der Waals surface area contributed by atoms with E-state index in [9.17, 15) is 14.4 Å². The molecule has 0 spiro atoms. The summed E-state index contributed by atoms with van der Waals surface area (Å²) in [7, 11) is 0. The Balaban J connectivity index is 1.65. The number of ether oxygens (including phenoxy) is 2. The zero-order valence-electron chi connectivity index (χ0n) is 14.2. The second-order valence-electron chi connectivity index (χ2n) is 6.48. The van der Waals surface area contributed by atoms with Gasteiger partial charge in [0.05, 0.1) is 19.8 Å². The van der Waals surface area contributed by atoms with Gasteiger partial charge >= 0.3 is 6.03 Å². The van der Waals surface area contributed by atoms with Crippen molar-refractivity contribution in [3.8, 4) is 0 Å². The number of rotatable bonds is 4. The second kappa shape index (κ2) is 6.45. The lowest BCUT2D eigenvalue weighted by Gasteiger charge is -2.33. The third-order valence-electron chi connectivity index (χ3n) is 4.44. The van der Waals surface area contributed by atoms with Crippen molar-refractivity contribution < 1.29 is 23.9 Å². The number of nitrogens with one attached hydrogen (secondary N) is 3. The van der Waals surface area contributed by atoms with Gasteiger partial charge < -0.3 is 20.1 Å². The molecule has 2 aliphatic rings. The van der Waals surface area contributed by atoms with Crippen LogP contribution in [0.5, 0.6) is 0 Å². The summed E-state index contributed by atoms with van der Waals surface area (Å²) in [6, 6.07) is 5.98. The molecule has 1 atom stereocenters. The van der Waals surface area contributed by atoms with E-state index in [-0.39, 0.29) is 12.5 Å². The molecule has 3 N–H and O–H groups in total. The van der Waals surface area contributed by atoms with Gasteiger partial charge in [0.15, 0.2) is 5.79 Å². The first kappa shape index (κ1) is 17.4. The monoisotopic (exact) mass is 347 g/mol. The van der Waals surface area contributed by atoms with E-state index in [0.29, 0.717) is 24.3 Å². The molecule has 0 radical (unpaired) electrons. The van der Waals surface area contributed by atoms with Crippen LogP contribution in [-0.4, -0.2) is 43.4 Å². The average Bonchev–Trinajstić information content (AvgIpc) is 2.87. The summed E-state index contributed by atoms with van der Waals surface area (Å²) in [5, 5.41) is 7.58. The molecule has 134 valence electrons. The van der Waals surface area contributed by atoms with Gasteiger partial charge in [0.1, 0.15) is 5.54 Å². The summed E-state index contributed by atoms with van der Waals surface area (Å²) in [4.78, 5) is 35.6. The number of carbonyl (C=O) groups excluding carboxylic acids is 3. The Kier molecular flexibility index (Phi) is 4.49. The lowest BCUT2D eigenvalue weighted by atomic mass is 9.91. The normalized spacial score (nSPS) is 25.2. The smallest absolute Gasteiger partial charge is 0.322 e. The molecule has 2 fully saturated rings. The predicted molar refractivity (Wildman–Crippen MR) is 87.7 cm³/mol. The maximum atomic E-state index is 12.3. The number of imide groups is 1. The molecular formula is C17H21N3O5. The van der Waals surface area contributed by atoms with Gasteiger partial charge in [-0.3, -0.25) is 14.9 Å². The highest BCUT2D eigenvalue weighted by atomic mass is 16.7. The summed E-state index contributed by atoms with van der Waals surface area (Å²) in [6.45, 7) is 4.85. The minimum Gasteiger partial charge on any atom is -0.348 e. The van der Waals surface area contributed by atoms with Crippen LogP contribution in [0.4, 0.5) is 4.79 Å². The van der Waals surface area contributed by atoms with Crippen molar-refractivity contribution in [2.24, 2.45) is 0 Å². The molecule has 0 aromatic heterocycles. The molecular weight excluding hydrogens is 326 g/mol. The van der Waals surface area contributed by atoms with E-state index in [2.05, 4.69) is 16.0 Å². The van der Waals surface area contributed by atoms with Crippen LogP contribution in [0.15, 0.2) is 24.3 Å². The lowest BCUT2D eigenvalue weighted by Crippen LogP contribution is -2.47. The summed E-state index contributed by atoms with van der Waals surface area (Å²) >= 11 is 0. The van der Waals surface area contributed by atoms with Crippen LogP contribution in [-0.2, 0) is 19.8 Å². The van der Waals surface area contributed by atoms with E-state index < -0.39 is 23.3 Å². The molecule has 1 unspecified atom stereocenters. The second-order valence-corrected chi connectivity index (χ2v) is 6.48. The van der Waals surface area contributed by atoms with Crippen molar-refractivity contribution >= 4 is 17.8 Å². The Morgan fingerprint density at radius 2 is 1.80 bits per heavy atom. The predicted octanol–water partition coefficient (Wildman–Crippen LogP) is 0.624. The molecule has 8 nitrogen and oxygen atoms in total. The largest absolute Gasteiger partial charge is 0.348 e. The van der Waals surface area contributed by atoms with Crippen molar-refractivity contribution in [3.63, 3.8) is 0 Å². The highest BCUT2D eigenvalue weighted by molar-refractivity contribution is 6.07. The van der Waals surface area contributed by atoms with Gasteiger partial charge in [-0.25, -0.2) is 4.79 Å². The lowest BCUT2D eigenvalue weighted by molar-refractivity contribution is -0.251. The quantitative estimate of drug-likeness (QED) is 0.693. The summed E-state index contributed by atoms with van der Waals surface area (Å²) in [6.07, 6.45) is 0.841. The van der Waals surface area contributed by atoms with Gasteiger partial charge in [0.2, 0.25) is 0 Å². The molecule has 2 aliphatic heterocycles. The number of carbonyl (C=O) groups is 3. The third kappa shape index (κ3) is 3.49. The maximum Gasteiger partial charge on any atom is 0.322 e. The number of urea groups is 1. The Hall–Kier alpha value is -2.45. The van der Waals surface area contributed by atoms with Crippen molar-refractivity contribution in [3.05, 3.63) is 35.4 Å². The molecule has 0 saturated carbocycles. The Labute approximate surface area is 145 Å². The topological polar surface area (TPSA) is 106 Å². The number of amides is 4. The molecule has 1 aromatic carbocycles. The van der Waals surface area contributed by atoms with Crippen LogP contribution in [0, 0.1) is 0 Å². The Bertz CT molecular complexity index is 697. The maximum absolute atomic E-state index is 12.3. The average molecular weight is 347 g/mol. The minimum atomic E-state index is -1.14. The van der Waals surface area contributed by atoms with Crippen molar-refractivity contribution in [2.75, 3.05) is 19.8 Å². The van der Waals surface area contributed by atoms with Crippen LogP contribution >= 0.6 is 0 Å². The Morgan fingerprint density at radius 3 is 2.36 bits per heavy atom. The van der Waals surface area contributed by atoms with Crippen molar-refractivity contribution in [1.29, 1.82) is 0 Å². The summed E-state index contributed by atoms with van der Waals surface area (Å²) < 4.78 is 11.1. The van der Waals surface area contributed by atoms with Gasteiger partial charge in [-0.05, 0) is 38.0 Å². The highest BCUT2D eigenvalue weighted by Gasteiger charge is 2.43. The zero-order valence-corrected chi connectivity index (χ0v) is 14.2. The van der Waals surface area contributed by atoms with Gasteiger partial charge in [0, 0.05) is 5.56 Å². The van der Waals surface area contributed by atoms with Gasteiger partial charge in [-0.1, -0.05) is 12.1 Å². The fourth-order valence-corrected chi connectivity index (χ4v) is 2.82. The summed E-state index contributed by atoms with van der Waals surface area (Å²) in [5.41, 5.74) is -0.0987. The van der Waals surface area contributed by atoms with Crippen LogP contribution in [0.3, 0.4) is 0 Å². The first-order valence-electron chi connectivity index (χ1n) is 8.13. The molecule has 3 rings (SSSR count). The zero-order chi connectivity index (χ0) is 18.1. The van der Waals surface area contributed by atoms with Crippen LogP contribution in [0.2, 0.25) is 0 Å². The minimum absolute atomic E-state index is 0.240. The first-order valence-corrected chi connectivity index (χ1v) is 8.13. The van der Waals surface area contributed by atoms with Gasteiger partial charge in [0.25, 0.3) is 11.8 Å². The van der Waals surface area contributed by atoms with Crippen LogP contribution in [0.1, 0.15) is 36.2 Å². The SMILES string of the molecule is CC1(CNC(=O)c2ccc(C3(C)NC(=O)NC3=O)cc2)OCCCO1. The van der Waals surface area contributed by atoms with E-state index >= 15 is 0 Å². The van der Waals surface area contributed by atoms with E-state index in [1.54, 1.807) is 38.1 Å². The van der Waals surface area contributed by atoms with E-state index in [0.717, 1.165) is 6.42 Å². The molecule has 4 amide bonds. The highest BCUT2D eigenvalue weighted by Crippen LogP contribution is 2.24. The van der Waals surface area contributed by atoms with E-state index in [1.807, 2.05) is 0 Å². The molecule has 2 saturated heterocycles. The van der Waals surface area contributed by atoms with E-state index in [4.69, 9.17) is 9.47 Å². The number of hydrogen-bond donors (Lipinski definition) is 3. The first-order chi connectivity index (χ1) is 11.8. The summed E-state index contributed by atoms with van der Waals surface area (Å²) in [5.74, 6) is -1.50. The number of benzene rings is 1. The fraction of sp³-hybridized carbons (Fsp3) is 0.471. The van der Waals surface area contributed by atoms with E-state index in [1.165, 1.54) is 0 Å². The molecule has 1 aromatic rings. The molecule has 25 heavy (non-hydrogen) atoms. The molecule has 2 heterocycles. The van der Waals surface area contributed by atoms with Crippen molar-refractivity contribution in [2.45, 2.75) is 31.6 Å². The van der Waals surface area contributed by atoms with Crippen LogP contribution in [0.25, 0.3) is 0 Å².